The molecule has 1 aliphatic rings. The van der Waals surface area contributed by atoms with Crippen LogP contribution in [0.25, 0.3) is 0 Å². The summed E-state index contributed by atoms with van der Waals surface area (Å²) < 4.78 is 11.1. The Morgan fingerprint density at radius 3 is 2.62 bits per heavy atom. The highest BCUT2D eigenvalue weighted by atomic mass is 79.9. The zero-order valence-electron chi connectivity index (χ0n) is 14.5. The number of nitrogens with zero attached hydrogens (tertiary/aromatic N) is 1. The number of furan rings is 1. The van der Waals surface area contributed by atoms with E-state index < -0.39 is 0 Å². The number of para-hydroxylation sites is 1. The standard InChI is InChI=1S/C19H21BrN2O4/c1-25-15-5-3-2-4-13(15)12-18(23)22-10-8-14(9-11-22)21-19(24)16-6-7-17(20)26-16/h2-7,14H,8-12H2,1H3,(H,21,24). The van der Waals surface area contributed by atoms with Gasteiger partial charge in [0.1, 0.15) is 5.75 Å². The lowest BCUT2D eigenvalue weighted by Crippen LogP contribution is -2.46. The molecule has 2 amide bonds. The first kappa shape index (κ1) is 18.5. The first-order chi connectivity index (χ1) is 12.6. The van der Waals surface area contributed by atoms with Crippen molar-refractivity contribution >= 4 is 27.7 Å². The molecule has 0 spiro atoms. The van der Waals surface area contributed by atoms with Crippen LogP contribution >= 0.6 is 15.9 Å². The van der Waals surface area contributed by atoms with Gasteiger partial charge >= 0.3 is 0 Å². The summed E-state index contributed by atoms with van der Waals surface area (Å²) >= 11 is 3.19. The number of amides is 2. The second-order valence-corrected chi connectivity index (χ2v) is 7.00. The van der Waals surface area contributed by atoms with Gasteiger partial charge in [-0.15, -0.1) is 0 Å². The van der Waals surface area contributed by atoms with Crippen molar-refractivity contribution < 1.29 is 18.7 Å². The van der Waals surface area contributed by atoms with Gasteiger partial charge in [0.05, 0.1) is 13.5 Å². The number of nitrogens with one attached hydrogen (secondary N) is 1. The van der Waals surface area contributed by atoms with Crippen molar-refractivity contribution in [2.24, 2.45) is 0 Å². The Morgan fingerprint density at radius 2 is 1.96 bits per heavy atom. The maximum Gasteiger partial charge on any atom is 0.287 e. The lowest BCUT2D eigenvalue weighted by Gasteiger charge is -2.32. The van der Waals surface area contributed by atoms with Crippen molar-refractivity contribution in [3.8, 4) is 5.75 Å². The van der Waals surface area contributed by atoms with Crippen LogP contribution in [0.2, 0.25) is 0 Å². The number of halogens is 1. The van der Waals surface area contributed by atoms with Crippen LogP contribution in [0.5, 0.6) is 5.75 Å². The molecule has 1 saturated heterocycles. The quantitative estimate of drug-likeness (QED) is 0.806. The average molecular weight is 421 g/mol. The molecule has 0 radical (unpaired) electrons. The van der Waals surface area contributed by atoms with Crippen molar-refractivity contribution in [3.05, 3.63) is 52.4 Å². The molecule has 1 aliphatic heterocycles. The minimum Gasteiger partial charge on any atom is -0.496 e. The van der Waals surface area contributed by atoms with Crippen LogP contribution in [0, 0.1) is 0 Å². The molecule has 138 valence electrons. The summed E-state index contributed by atoms with van der Waals surface area (Å²) in [6.45, 7) is 1.25. The van der Waals surface area contributed by atoms with Gasteiger partial charge in [0.15, 0.2) is 10.4 Å². The molecule has 0 saturated carbocycles. The smallest absolute Gasteiger partial charge is 0.287 e. The highest BCUT2D eigenvalue weighted by Gasteiger charge is 2.25. The molecule has 2 aromatic rings. The normalized spacial score (nSPS) is 14.9. The maximum atomic E-state index is 12.6. The fourth-order valence-electron chi connectivity index (χ4n) is 3.09. The number of methoxy groups -OCH3 is 1. The van der Waals surface area contributed by atoms with Gasteiger partial charge in [0.25, 0.3) is 5.91 Å². The Morgan fingerprint density at radius 1 is 1.23 bits per heavy atom. The summed E-state index contributed by atoms with van der Waals surface area (Å²) in [4.78, 5) is 26.5. The van der Waals surface area contributed by atoms with Crippen LogP contribution < -0.4 is 10.1 Å². The van der Waals surface area contributed by atoms with Gasteiger partial charge in [-0.3, -0.25) is 9.59 Å². The van der Waals surface area contributed by atoms with E-state index in [9.17, 15) is 9.59 Å². The van der Waals surface area contributed by atoms with Crippen molar-refractivity contribution in [2.45, 2.75) is 25.3 Å². The van der Waals surface area contributed by atoms with Gasteiger partial charge in [-0.25, -0.2) is 0 Å². The van der Waals surface area contributed by atoms with E-state index in [1.165, 1.54) is 0 Å². The number of benzene rings is 1. The van der Waals surface area contributed by atoms with Gasteiger partial charge in [0, 0.05) is 24.7 Å². The van der Waals surface area contributed by atoms with Crippen molar-refractivity contribution in [3.63, 3.8) is 0 Å². The van der Waals surface area contributed by atoms with Crippen LogP contribution in [0.3, 0.4) is 0 Å². The fraction of sp³-hybridized carbons (Fsp3) is 0.368. The summed E-state index contributed by atoms with van der Waals surface area (Å²) in [5.74, 6) is 0.864. The van der Waals surface area contributed by atoms with Crippen LogP contribution in [-0.2, 0) is 11.2 Å². The number of rotatable bonds is 5. The minimum atomic E-state index is -0.227. The Kier molecular flexibility index (Phi) is 5.98. The molecule has 26 heavy (non-hydrogen) atoms. The average Bonchev–Trinajstić information content (AvgIpc) is 3.09. The summed E-state index contributed by atoms with van der Waals surface area (Å²) in [7, 11) is 1.61. The van der Waals surface area contributed by atoms with E-state index >= 15 is 0 Å². The maximum absolute atomic E-state index is 12.6. The van der Waals surface area contributed by atoms with Gasteiger partial charge in [-0.2, -0.15) is 0 Å². The Bertz CT molecular complexity index is 781. The third kappa shape index (κ3) is 4.46. The summed E-state index contributed by atoms with van der Waals surface area (Å²) in [6.07, 6.45) is 1.78. The Hall–Kier alpha value is -2.28. The van der Waals surface area contributed by atoms with Gasteiger partial charge < -0.3 is 19.4 Å². The van der Waals surface area contributed by atoms with E-state index in [0.29, 0.717) is 24.2 Å². The molecule has 0 unspecified atom stereocenters. The summed E-state index contributed by atoms with van der Waals surface area (Å²) in [6, 6.07) is 10.9. The molecule has 2 heterocycles. The lowest BCUT2D eigenvalue weighted by molar-refractivity contribution is -0.131. The number of hydrogen-bond donors (Lipinski definition) is 1. The largest absolute Gasteiger partial charge is 0.496 e. The zero-order valence-corrected chi connectivity index (χ0v) is 16.1. The molecule has 0 bridgehead atoms. The van der Waals surface area contributed by atoms with Crippen molar-refractivity contribution in [2.75, 3.05) is 20.2 Å². The second kappa shape index (κ2) is 8.40. The minimum absolute atomic E-state index is 0.0432. The number of likely N-dealkylation sites (tertiary alicyclic amines) is 1. The zero-order chi connectivity index (χ0) is 18.5. The molecule has 1 aromatic heterocycles. The number of hydrogen-bond acceptors (Lipinski definition) is 4. The second-order valence-electron chi connectivity index (χ2n) is 6.22. The molecule has 1 N–H and O–H groups in total. The number of ether oxygens (including phenoxy) is 1. The van der Waals surface area contributed by atoms with E-state index in [-0.39, 0.29) is 23.6 Å². The molecule has 3 rings (SSSR count). The van der Waals surface area contributed by atoms with Crippen molar-refractivity contribution in [1.82, 2.24) is 10.2 Å². The van der Waals surface area contributed by atoms with Crippen LogP contribution in [0.1, 0.15) is 29.0 Å². The highest BCUT2D eigenvalue weighted by molar-refractivity contribution is 9.10. The van der Waals surface area contributed by atoms with Gasteiger partial charge in [0.2, 0.25) is 5.91 Å². The molecule has 0 atom stereocenters. The first-order valence-corrected chi connectivity index (χ1v) is 9.32. The molecular weight excluding hydrogens is 400 g/mol. The van der Waals surface area contributed by atoms with E-state index in [4.69, 9.17) is 9.15 Å². The van der Waals surface area contributed by atoms with Gasteiger partial charge in [-0.1, -0.05) is 18.2 Å². The molecular formula is C19H21BrN2O4. The summed E-state index contributed by atoms with van der Waals surface area (Å²) in [5.41, 5.74) is 0.888. The third-order valence-corrected chi connectivity index (χ3v) is 4.94. The van der Waals surface area contributed by atoms with E-state index in [0.717, 1.165) is 24.2 Å². The predicted molar refractivity (Wildman–Crippen MR) is 100 cm³/mol. The molecule has 1 aromatic carbocycles. The molecule has 0 aliphatic carbocycles. The molecule has 1 fully saturated rings. The number of piperidine rings is 1. The van der Waals surface area contributed by atoms with Crippen molar-refractivity contribution in [1.29, 1.82) is 0 Å². The number of carbonyl (C=O) groups excluding carboxylic acids is 2. The number of carbonyl (C=O) groups is 2. The molecule has 7 heteroatoms. The van der Waals surface area contributed by atoms with Crippen LogP contribution in [0.15, 0.2) is 45.5 Å². The summed E-state index contributed by atoms with van der Waals surface area (Å²) in [5, 5.41) is 2.96. The molecule has 6 nitrogen and oxygen atoms in total. The monoisotopic (exact) mass is 420 g/mol. The topological polar surface area (TPSA) is 71.8 Å². The first-order valence-electron chi connectivity index (χ1n) is 8.52. The van der Waals surface area contributed by atoms with E-state index in [1.54, 1.807) is 19.2 Å². The lowest BCUT2D eigenvalue weighted by atomic mass is 10.0. The van der Waals surface area contributed by atoms with Gasteiger partial charge in [-0.05, 0) is 47.0 Å². The van der Waals surface area contributed by atoms with Crippen LogP contribution in [0.4, 0.5) is 0 Å². The Balaban J connectivity index is 1.50. The van der Waals surface area contributed by atoms with E-state index in [1.807, 2.05) is 29.2 Å². The highest BCUT2D eigenvalue weighted by Crippen LogP contribution is 2.20. The Labute approximate surface area is 160 Å². The van der Waals surface area contributed by atoms with Crippen LogP contribution in [-0.4, -0.2) is 43.0 Å². The predicted octanol–water partition coefficient (Wildman–Crippen LogP) is 3.01. The van der Waals surface area contributed by atoms with E-state index in [2.05, 4.69) is 21.2 Å². The third-order valence-electron chi connectivity index (χ3n) is 4.51. The SMILES string of the molecule is COc1ccccc1CC(=O)N1CCC(NC(=O)c2ccc(Br)o2)CC1. The fourth-order valence-corrected chi connectivity index (χ4v) is 3.40.